The Kier molecular flexibility index (Phi) is 8.23. The molecule has 2 N–H and O–H groups in total. The minimum absolute atomic E-state index is 0.0767. The first kappa shape index (κ1) is 20.5. The van der Waals surface area contributed by atoms with Crippen LogP contribution in [0.25, 0.3) is 0 Å². The Morgan fingerprint density at radius 1 is 1.25 bits per heavy atom. The Bertz CT molecular complexity index is 659. The van der Waals surface area contributed by atoms with E-state index in [-0.39, 0.29) is 17.0 Å². The number of methoxy groups -OCH3 is 1. The molecule has 0 bridgehead atoms. The lowest BCUT2D eigenvalue weighted by atomic mass is 10.1. The molecule has 0 aliphatic heterocycles. The number of carbonyl (C=O) groups is 2. The quantitative estimate of drug-likeness (QED) is 0.626. The van der Waals surface area contributed by atoms with Crippen LogP contribution in [0.5, 0.6) is 0 Å². The number of rotatable bonds is 9. The number of esters is 1. The van der Waals surface area contributed by atoms with E-state index in [1.54, 1.807) is 18.7 Å². The molecule has 1 atom stereocenters. The van der Waals surface area contributed by atoms with Crippen molar-refractivity contribution in [3.05, 3.63) is 29.8 Å². The van der Waals surface area contributed by atoms with Crippen LogP contribution >= 0.6 is 11.8 Å². The maximum absolute atomic E-state index is 12.2. The van der Waals surface area contributed by atoms with E-state index in [1.165, 1.54) is 31.4 Å². The van der Waals surface area contributed by atoms with Crippen LogP contribution < -0.4 is 10.0 Å². The van der Waals surface area contributed by atoms with Crippen LogP contribution in [0.1, 0.15) is 23.7 Å². The molecule has 0 unspecified atom stereocenters. The smallest absolute Gasteiger partial charge is 0.328 e. The van der Waals surface area contributed by atoms with E-state index in [2.05, 4.69) is 14.8 Å². The van der Waals surface area contributed by atoms with Gasteiger partial charge >= 0.3 is 5.97 Å². The van der Waals surface area contributed by atoms with Gasteiger partial charge in [-0.25, -0.2) is 17.9 Å². The van der Waals surface area contributed by atoms with Crippen LogP contribution in [-0.4, -0.2) is 52.0 Å². The summed E-state index contributed by atoms with van der Waals surface area (Å²) >= 11 is 1.56. The Labute approximate surface area is 146 Å². The van der Waals surface area contributed by atoms with Crippen LogP contribution in [-0.2, 0) is 19.6 Å². The fourth-order valence-electron chi connectivity index (χ4n) is 1.93. The van der Waals surface area contributed by atoms with Crippen molar-refractivity contribution in [3.63, 3.8) is 0 Å². The third-order valence-corrected chi connectivity index (χ3v) is 5.37. The zero-order valence-corrected chi connectivity index (χ0v) is 15.5. The molecule has 0 saturated carbocycles. The van der Waals surface area contributed by atoms with Crippen molar-refractivity contribution < 1.29 is 22.7 Å². The summed E-state index contributed by atoms with van der Waals surface area (Å²) < 4.78 is 30.8. The highest BCUT2D eigenvalue weighted by Crippen LogP contribution is 2.11. The molecule has 0 spiro atoms. The summed E-state index contributed by atoms with van der Waals surface area (Å²) in [5.74, 6) is -0.275. The van der Waals surface area contributed by atoms with E-state index in [0.29, 0.717) is 12.2 Å². The van der Waals surface area contributed by atoms with Crippen molar-refractivity contribution >= 4 is 33.7 Å². The summed E-state index contributed by atoms with van der Waals surface area (Å²) in [6.07, 6.45) is 2.35. The van der Waals surface area contributed by atoms with Crippen molar-refractivity contribution in [3.8, 4) is 0 Å². The van der Waals surface area contributed by atoms with Gasteiger partial charge < -0.3 is 10.1 Å². The van der Waals surface area contributed by atoms with Gasteiger partial charge in [0.25, 0.3) is 5.91 Å². The first-order chi connectivity index (χ1) is 11.4. The van der Waals surface area contributed by atoms with E-state index in [9.17, 15) is 18.0 Å². The molecule has 1 aromatic carbocycles. The second kappa shape index (κ2) is 9.65. The van der Waals surface area contributed by atoms with Crippen molar-refractivity contribution in [1.29, 1.82) is 0 Å². The highest BCUT2D eigenvalue weighted by Gasteiger charge is 2.22. The topological polar surface area (TPSA) is 102 Å². The number of nitrogens with one attached hydrogen (secondary N) is 2. The Morgan fingerprint density at radius 3 is 2.38 bits per heavy atom. The Balaban J connectivity index is 2.85. The molecular formula is C15H22N2O5S2. The average Bonchev–Trinajstić information content (AvgIpc) is 2.57. The predicted molar refractivity (Wildman–Crippen MR) is 93.6 cm³/mol. The maximum Gasteiger partial charge on any atom is 0.328 e. The lowest BCUT2D eigenvalue weighted by Crippen LogP contribution is -2.41. The molecule has 0 aliphatic rings. The van der Waals surface area contributed by atoms with Gasteiger partial charge in [0.1, 0.15) is 6.04 Å². The largest absolute Gasteiger partial charge is 0.467 e. The second-order valence-electron chi connectivity index (χ2n) is 4.86. The molecule has 9 heteroatoms. The molecular weight excluding hydrogens is 352 g/mol. The number of amides is 1. The predicted octanol–water partition coefficient (Wildman–Crippen LogP) is 1.01. The maximum atomic E-state index is 12.2. The molecule has 7 nitrogen and oxygen atoms in total. The normalized spacial score (nSPS) is 12.5. The standard InChI is InChI=1S/C15H22N2O5S2/c1-4-16-24(20,21)12-7-5-11(6-8-12)14(18)17-13(9-10-23-3)15(19)22-2/h5-8,13,16H,4,9-10H2,1-3H3,(H,17,18)/t13-/m0/s1. The molecule has 0 heterocycles. The van der Waals surface area contributed by atoms with Crippen molar-refractivity contribution in [2.24, 2.45) is 0 Å². The lowest BCUT2D eigenvalue weighted by molar-refractivity contribution is -0.142. The number of hydrogen-bond donors (Lipinski definition) is 2. The molecule has 0 aromatic heterocycles. The van der Waals surface area contributed by atoms with Gasteiger partial charge in [0.05, 0.1) is 12.0 Å². The number of hydrogen-bond acceptors (Lipinski definition) is 6. The van der Waals surface area contributed by atoms with Gasteiger partial charge in [0.15, 0.2) is 0 Å². The van der Waals surface area contributed by atoms with Crippen LogP contribution in [0, 0.1) is 0 Å². The Hall–Kier alpha value is -1.58. The minimum Gasteiger partial charge on any atom is -0.467 e. The van der Waals surface area contributed by atoms with Crippen molar-refractivity contribution in [2.45, 2.75) is 24.3 Å². The van der Waals surface area contributed by atoms with Gasteiger partial charge in [-0.3, -0.25) is 4.79 Å². The number of ether oxygens (including phenoxy) is 1. The van der Waals surface area contributed by atoms with E-state index >= 15 is 0 Å². The average molecular weight is 374 g/mol. The molecule has 24 heavy (non-hydrogen) atoms. The van der Waals surface area contributed by atoms with Gasteiger partial charge in [0.2, 0.25) is 10.0 Å². The molecule has 1 rings (SSSR count). The first-order valence-electron chi connectivity index (χ1n) is 7.33. The van der Waals surface area contributed by atoms with Crippen LogP contribution in [0.4, 0.5) is 0 Å². The molecule has 0 fully saturated rings. The van der Waals surface area contributed by atoms with Gasteiger partial charge in [-0.2, -0.15) is 11.8 Å². The van der Waals surface area contributed by atoms with Crippen LogP contribution in [0.3, 0.4) is 0 Å². The molecule has 1 aromatic rings. The zero-order valence-electron chi connectivity index (χ0n) is 13.9. The Morgan fingerprint density at radius 2 is 1.88 bits per heavy atom. The number of thioether (sulfide) groups is 1. The fourth-order valence-corrected chi connectivity index (χ4v) is 3.44. The van der Waals surface area contributed by atoms with Crippen molar-refractivity contribution in [2.75, 3.05) is 25.7 Å². The number of sulfonamides is 1. The summed E-state index contributed by atoms with van der Waals surface area (Å²) in [5.41, 5.74) is 0.267. The highest BCUT2D eigenvalue weighted by molar-refractivity contribution is 7.98. The molecule has 1 amide bonds. The summed E-state index contributed by atoms with van der Waals surface area (Å²) in [4.78, 5) is 24.0. The van der Waals surface area contributed by atoms with Crippen molar-refractivity contribution in [1.82, 2.24) is 10.0 Å². The third kappa shape index (κ3) is 5.81. The summed E-state index contributed by atoms with van der Waals surface area (Å²) in [5, 5.41) is 2.61. The monoisotopic (exact) mass is 374 g/mol. The SMILES string of the molecule is CCNS(=O)(=O)c1ccc(C(=O)N[C@@H](CCSC)C(=O)OC)cc1. The minimum atomic E-state index is -3.56. The van der Waals surface area contributed by atoms with Crippen LogP contribution in [0.15, 0.2) is 29.2 Å². The van der Waals surface area contributed by atoms with E-state index < -0.39 is 27.9 Å². The van der Waals surface area contributed by atoms with E-state index in [0.717, 1.165) is 0 Å². The van der Waals surface area contributed by atoms with Gasteiger partial charge in [-0.15, -0.1) is 0 Å². The van der Waals surface area contributed by atoms with Gasteiger partial charge in [-0.05, 0) is 42.7 Å². The summed E-state index contributed by atoms with van der Waals surface area (Å²) in [6.45, 7) is 1.96. The number of benzene rings is 1. The van der Waals surface area contributed by atoms with Crippen LogP contribution in [0.2, 0.25) is 0 Å². The first-order valence-corrected chi connectivity index (χ1v) is 10.2. The second-order valence-corrected chi connectivity index (χ2v) is 7.61. The van der Waals surface area contributed by atoms with E-state index in [4.69, 9.17) is 0 Å². The fraction of sp³-hybridized carbons (Fsp3) is 0.467. The van der Waals surface area contributed by atoms with Gasteiger partial charge in [-0.1, -0.05) is 6.92 Å². The molecule has 134 valence electrons. The summed E-state index contributed by atoms with van der Waals surface area (Å²) in [7, 11) is -2.30. The molecule has 0 aliphatic carbocycles. The van der Waals surface area contributed by atoms with Gasteiger partial charge in [0, 0.05) is 12.1 Å². The number of carbonyl (C=O) groups excluding carboxylic acids is 2. The molecule has 0 radical (unpaired) electrons. The molecule has 0 saturated heterocycles. The summed E-state index contributed by atoms with van der Waals surface area (Å²) in [6, 6.07) is 4.77. The highest BCUT2D eigenvalue weighted by atomic mass is 32.2. The lowest BCUT2D eigenvalue weighted by Gasteiger charge is -2.16. The third-order valence-electron chi connectivity index (χ3n) is 3.16. The van der Waals surface area contributed by atoms with E-state index in [1.807, 2.05) is 6.26 Å². The zero-order chi connectivity index (χ0) is 18.2.